The second-order valence-electron chi connectivity index (χ2n) is 4.07. The van der Waals surface area contributed by atoms with Crippen LogP contribution >= 0.6 is 0 Å². The number of ether oxygens (including phenoxy) is 1. The molecule has 0 bridgehead atoms. The Labute approximate surface area is 106 Å². The first-order valence-corrected chi connectivity index (χ1v) is 5.88. The number of aliphatic hydroxyl groups is 1. The maximum absolute atomic E-state index is 9.58. The van der Waals surface area contributed by atoms with Crippen molar-refractivity contribution in [3.05, 3.63) is 60.2 Å². The van der Waals surface area contributed by atoms with E-state index in [1.165, 1.54) is 0 Å². The Balaban J connectivity index is 2.02. The summed E-state index contributed by atoms with van der Waals surface area (Å²) in [5.74, 6) is 0.458. The monoisotopic (exact) mass is 244 g/mol. The van der Waals surface area contributed by atoms with E-state index in [2.05, 4.69) is 0 Å². The van der Waals surface area contributed by atoms with E-state index in [4.69, 9.17) is 4.74 Å². The highest BCUT2D eigenvalue weighted by molar-refractivity contribution is 5.38. The van der Waals surface area contributed by atoms with Crippen LogP contribution in [0.25, 0.3) is 0 Å². The Morgan fingerprint density at radius 3 is 2.28 bits per heavy atom. The molecule has 3 heteroatoms. The zero-order chi connectivity index (χ0) is 12.8. The Morgan fingerprint density at radius 1 is 0.944 bits per heavy atom. The summed E-state index contributed by atoms with van der Waals surface area (Å²) in [4.78, 5) is 0. The van der Waals surface area contributed by atoms with E-state index in [0.717, 1.165) is 5.56 Å². The van der Waals surface area contributed by atoms with Crippen LogP contribution in [0.4, 0.5) is 0 Å². The third-order valence-electron chi connectivity index (χ3n) is 2.80. The molecule has 94 valence electrons. The van der Waals surface area contributed by atoms with Gasteiger partial charge in [0.1, 0.15) is 0 Å². The number of benzene rings is 2. The Bertz CT molecular complexity index is 482. The summed E-state index contributed by atoms with van der Waals surface area (Å²) in [6.07, 6.45) is 0. The number of hydrogen-bond acceptors (Lipinski definition) is 3. The molecule has 1 atom stereocenters. The predicted molar refractivity (Wildman–Crippen MR) is 69.9 cm³/mol. The van der Waals surface area contributed by atoms with Crippen LogP contribution in [0.2, 0.25) is 0 Å². The SMILES string of the molecule is OCC(COc1ccccc1O)c1ccccc1. The summed E-state index contributed by atoms with van der Waals surface area (Å²) in [7, 11) is 0. The average Bonchev–Trinajstić information content (AvgIpc) is 2.42. The lowest BCUT2D eigenvalue weighted by Gasteiger charge is -2.16. The highest BCUT2D eigenvalue weighted by Crippen LogP contribution is 2.26. The van der Waals surface area contributed by atoms with Gasteiger partial charge in [0, 0.05) is 5.92 Å². The van der Waals surface area contributed by atoms with E-state index in [9.17, 15) is 10.2 Å². The van der Waals surface area contributed by atoms with E-state index >= 15 is 0 Å². The standard InChI is InChI=1S/C15H16O3/c16-10-13(12-6-2-1-3-7-12)11-18-15-9-5-4-8-14(15)17/h1-9,13,16-17H,10-11H2. The molecule has 2 aromatic carbocycles. The van der Waals surface area contributed by atoms with Gasteiger partial charge < -0.3 is 14.9 Å². The molecule has 0 aliphatic heterocycles. The number of hydrogen-bond donors (Lipinski definition) is 2. The van der Waals surface area contributed by atoms with Gasteiger partial charge in [0.25, 0.3) is 0 Å². The normalized spacial score (nSPS) is 12.1. The lowest BCUT2D eigenvalue weighted by atomic mass is 10.0. The summed E-state index contributed by atoms with van der Waals surface area (Å²) in [5.41, 5.74) is 1.02. The largest absolute Gasteiger partial charge is 0.504 e. The van der Waals surface area contributed by atoms with Crippen LogP contribution in [0.15, 0.2) is 54.6 Å². The van der Waals surface area contributed by atoms with Crippen LogP contribution in [0.3, 0.4) is 0 Å². The lowest BCUT2D eigenvalue weighted by molar-refractivity contribution is 0.201. The molecule has 2 aromatic rings. The maximum atomic E-state index is 9.58. The fourth-order valence-corrected chi connectivity index (χ4v) is 1.75. The molecule has 2 N–H and O–H groups in total. The fourth-order valence-electron chi connectivity index (χ4n) is 1.75. The number of para-hydroxylation sites is 2. The van der Waals surface area contributed by atoms with Gasteiger partial charge in [-0.3, -0.25) is 0 Å². The van der Waals surface area contributed by atoms with Crippen LogP contribution in [-0.2, 0) is 0 Å². The summed E-state index contributed by atoms with van der Waals surface area (Å²) in [6, 6.07) is 16.5. The molecule has 3 nitrogen and oxygen atoms in total. The Morgan fingerprint density at radius 2 is 1.61 bits per heavy atom. The number of aromatic hydroxyl groups is 1. The van der Waals surface area contributed by atoms with Gasteiger partial charge in [-0.2, -0.15) is 0 Å². The Kier molecular flexibility index (Phi) is 4.20. The summed E-state index contributed by atoms with van der Waals surface area (Å²) in [5, 5.41) is 19.0. The maximum Gasteiger partial charge on any atom is 0.160 e. The minimum absolute atomic E-state index is 0.0115. The molecule has 0 amide bonds. The van der Waals surface area contributed by atoms with Crippen molar-refractivity contribution in [2.24, 2.45) is 0 Å². The predicted octanol–water partition coefficient (Wildman–Crippen LogP) is 2.55. The molecule has 0 fully saturated rings. The lowest BCUT2D eigenvalue weighted by Crippen LogP contribution is -2.14. The Hall–Kier alpha value is -2.00. The minimum Gasteiger partial charge on any atom is -0.504 e. The first kappa shape index (κ1) is 12.5. The molecule has 2 rings (SSSR count). The molecule has 0 aliphatic rings. The van der Waals surface area contributed by atoms with E-state index in [1.807, 2.05) is 30.3 Å². The zero-order valence-corrected chi connectivity index (χ0v) is 9.99. The van der Waals surface area contributed by atoms with Crippen molar-refractivity contribution in [3.8, 4) is 11.5 Å². The van der Waals surface area contributed by atoms with Gasteiger partial charge in [0.2, 0.25) is 0 Å². The molecule has 0 aromatic heterocycles. The molecule has 0 heterocycles. The topological polar surface area (TPSA) is 49.7 Å². The molecule has 0 saturated carbocycles. The van der Waals surface area contributed by atoms with Crippen molar-refractivity contribution >= 4 is 0 Å². The van der Waals surface area contributed by atoms with Gasteiger partial charge in [-0.25, -0.2) is 0 Å². The average molecular weight is 244 g/mol. The first-order valence-electron chi connectivity index (χ1n) is 5.88. The second-order valence-corrected chi connectivity index (χ2v) is 4.07. The van der Waals surface area contributed by atoms with Gasteiger partial charge in [0.15, 0.2) is 11.5 Å². The number of phenols is 1. The van der Waals surface area contributed by atoms with Gasteiger partial charge in [-0.15, -0.1) is 0 Å². The molecule has 0 spiro atoms. The third kappa shape index (κ3) is 3.02. The third-order valence-corrected chi connectivity index (χ3v) is 2.80. The van der Waals surface area contributed by atoms with Crippen LogP contribution in [0.5, 0.6) is 11.5 Å². The first-order chi connectivity index (χ1) is 8.81. The van der Waals surface area contributed by atoms with E-state index in [1.54, 1.807) is 24.3 Å². The van der Waals surface area contributed by atoms with Gasteiger partial charge in [0.05, 0.1) is 13.2 Å². The van der Waals surface area contributed by atoms with E-state index in [0.29, 0.717) is 12.4 Å². The van der Waals surface area contributed by atoms with Gasteiger partial charge >= 0.3 is 0 Å². The van der Waals surface area contributed by atoms with Crippen molar-refractivity contribution in [2.75, 3.05) is 13.2 Å². The number of aliphatic hydroxyl groups excluding tert-OH is 1. The summed E-state index contributed by atoms with van der Waals surface area (Å²) < 4.78 is 5.53. The van der Waals surface area contributed by atoms with Gasteiger partial charge in [-0.05, 0) is 17.7 Å². The fraction of sp³-hybridized carbons (Fsp3) is 0.200. The summed E-state index contributed by atoms with van der Waals surface area (Å²) in [6.45, 7) is 0.343. The molecule has 1 unspecified atom stereocenters. The molecule has 0 saturated heterocycles. The van der Waals surface area contributed by atoms with Crippen molar-refractivity contribution in [3.63, 3.8) is 0 Å². The molecule has 0 aliphatic carbocycles. The van der Waals surface area contributed by atoms with Crippen molar-refractivity contribution in [2.45, 2.75) is 5.92 Å². The van der Waals surface area contributed by atoms with Crippen molar-refractivity contribution in [1.82, 2.24) is 0 Å². The van der Waals surface area contributed by atoms with Crippen LogP contribution in [0, 0.1) is 0 Å². The summed E-state index contributed by atoms with van der Waals surface area (Å²) >= 11 is 0. The van der Waals surface area contributed by atoms with E-state index < -0.39 is 0 Å². The van der Waals surface area contributed by atoms with Crippen LogP contribution in [-0.4, -0.2) is 23.4 Å². The molecular formula is C15H16O3. The zero-order valence-electron chi connectivity index (χ0n) is 9.99. The van der Waals surface area contributed by atoms with Gasteiger partial charge in [-0.1, -0.05) is 42.5 Å². The molecule has 0 radical (unpaired) electrons. The smallest absolute Gasteiger partial charge is 0.160 e. The van der Waals surface area contributed by atoms with Crippen molar-refractivity contribution in [1.29, 1.82) is 0 Å². The van der Waals surface area contributed by atoms with Crippen LogP contribution < -0.4 is 4.74 Å². The highest BCUT2D eigenvalue weighted by atomic mass is 16.5. The highest BCUT2D eigenvalue weighted by Gasteiger charge is 2.11. The number of phenolic OH excluding ortho intramolecular Hbond substituents is 1. The molecular weight excluding hydrogens is 228 g/mol. The molecule has 18 heavy (non-hydrogen) atoms. The minimum atomic E-state index is -0.0918. The van der Waals surface area contributed by atoms with Crippen molar-refractivity contribution < 1.29 is 14.9 Å². The quantitative estimate of drug-likeness (QED) is 0.849. The number of rotatable bonds is 5. The van der Waals surface area contributed by atoms with Crippen LogP contribution in [0.1, 0.15) is 11.5 Å². The van der Waals surface area contributed by atoms with E-state index in [-0.39, 0.29) is 18.3 Å². The second kappa shape index (κ2) is 6.07.